The van der Waals surface area contributed by atoms with Crippen molar-refractivity contribution in [1.82, 2.24) is 4.57 Å². The summed E-state index contributed by atoms with van der Waals surface area (Å²) >= 11 is 1.07. The predicted molar refractivity (Wildman–Crippen MR) is 99.3 cm³/mol. The molecule has 6 heteroatoms. The summed E-state index contributed by atoms with van der Waals surface area (Å²) in [6, 6.07) is 18.3. The first-order valence-corrected chi connectivity index (χ1v) is 8.68. The molecule has 130 valence electrons. The number of nitrogens with zero attached hydrogens (tertiary/aromatic N) is 1. The van der Waals surface area contributed by atoms with Crippen molar-refractivity contribution in [3.63, 3.8) is 0 Å². The fourth-order valence-corrected chi connectivity index (χ4v) is 3.01. The van der Waals surface area contributed by atoms with Gasteiger partial charge in [-0.15, -0.1) is 9.32 Å². The SMILES string of the molecule is CCOc1ccc(-c2cc(C)cn2-c2ccc(SOON)cc2)cc1. The molecular weight excluding hydrogens is 336 g/mol. The molecule has 0 saturated carbocycles. The topological polar surface area (TPSA) is 58.6 Å². The highest BCUT2D eigenvalue weighted by Crippen LogP contribution is 2.28. The van der Waals surface area contributed by atoms with E-state index in [0.29, 0.717) is 6.61 Å². The van der Waals surface area contributed by atoms with Crippen LogP contribution in [0.3, 0.4) is 0 Å². The lowest BCUT2D eigenvalue weighted by Crippen LogP contribution is -1.96. The van der Waals surface area contributed by atoms with Gasteiger partial charge in [-0.05, 0) is 79.6 Å². The van der Waals surface area contributed by atoms with E-state index in [1.54, 1.807) is 0 Å². The summed E-state index contributed by atoms with van der Waals surface area (Å²) in [6.45, 7) is 4.73. The average molecular weight is 356 g/mol. The fourth-order valence-electron chi connectivity index (χ4n) is 2.64. The lowest BCUT2D eigenvalue weighted by atomic mass is 10.1. The van der Waals surface area contributed by atoms with Gasteiger partial charge >= 0.3 is 0 Å². The Bertz CT molecular complexity index is 814. The zero-order chi connectivity index (χ0) is 17.6. The molecule has 0 fully saturated rings. The molecule has 0 aliphatic heterocycles. The van der Waals surface area contributed by atoms with Crippen molar-refractivity contribution in [1.29, 1.82) is 0 Å². The van der Waals surface area contributed by atoms with Crippen LogP contribution in [0.25, 0.3) is 16.9 Å². The van der Waals surface area contributed by atoms with Crippen LogP contribution in [0.1, 0.15) is 12.5 Å². The zero-order valence-electron chi connectivity index (χ0n) is 14.1. The lowest BCUT2D eigenvalue weighted by Gasteiger charge is -2.11. The minimum absolute atomic E-state index is 0.665. The highest BCUT2D eigenvalue weighted by atomic mass is 32.2. The van der Waals surface area contributed by atoms with E-state index in [1.165, 1.54) is 5.56 Å². The second kappa shape index (κ2) is 8.22. The molecule has 1 aromatic heterocycles. The first-order chi connectivity index (χ1) is 12.2. The number of rotatable bonds is 7. The molecule has 0 aliphatic rings. The Balaban J connectivity index is 1.90. The van der Waals surface area contributed by atoms with Crippen LogP contribution in [0.15, 0.2) is 65.7 Å². The minimum atomic E-state index is 0.665. The van der Waals surface area contributed by atoms with Crippen molar-refractivity contribution >= 4 is 12.0 Å². The number of hydrogen-bond donors (Lipinski definition) is 1. The van der Waals surface area contributed by atoms with Crippen LogP contribution < -0.4 is 10.6 Å². The van der Waals surface area contributed by atoms with Gasteiger partial charge in [0.25, 0.3) is 0 Å². The van der Waals surface area contributed by atoms with Gasteiger partial charge in [-0.1, -0.05) is 0 Å². The summed E-state index contributed by atoms with van der Waals surface area (Å²) in [6.07, 6.45) is 2.12. The van der Waals surface area contributed by atoms with E-state index in [4.69, 9.17) is 10.6 Å². The maximum atomic E-state index is 5.52. The molecule has 0 unspecified atom stereocenters. The lowest BCUT2D eigenvalue weighted by molar-refractivity contribution is -0.195. The Kier molecular flexibility index (Phi) is 5.78. The normalized spacial score (nSPS) is 10.8. The number of aromatic nitrogens is 1. The van der Waals surface area contributed by atoms with E-state index in [0.717, 1.165) is 39.6 Å². The number of benzene rings is 2. The van der Waals surface area contributed by atoms with Crippen LogP contribution in [-0.4, -0.2) is 11.2 Å². The summed E-state index contributed by atoms with van der Waals surface area (Å²) in [5, 5.41) is 0. The second-order valence-electron chi connectivity index (χ2n) is 5.47. The van der Waals surface area contributed by atoms with Crippen LogP contribution >= 0.6 is 12.0 Å². The van der Waals surface area contributed by atoms with Gasteiger partial charge in [0.15, 0.2) is 0 Å². The molecule has 0 atom stereocenters. The smallest absolute Gasteiger partial charge is 0.119 e. The predicted octanol–water partition coefficient (Wildman–Crippen LogP) is 4.68. The third-order valence-electron chi connectivity index (χ3n) is 3.70. The monoisotopic (exact) mass is 356 g/mol. The van der Waals surface area contributed by atoms with Gasteiger partial charge in [0.2, 0.25) is 0 Å². The minimum Gasteiger partial charge on any atom is -0.494 e. The van der Waals surface area contributed by atoms with E-state index >= 15 is 0 Å². The summed E-state index contributed by atoms with van der Waals surface area (Å²) in [5.74, 6) is 5.74. The molecule has 5 nitrogen and oxygen atoms in total. The number of aryl methyl sites for hydroxylation is 1. The van der Waals surface area contributed by atoms with E-state index in [1.807, 2.05) is 43.3 Å². The van der Waals surface area contributed by atoms with Crippen molar-refractivity contribution < 1.29 is 14.1 Å². The quantitative estimate of drug-likeness (QED) is 0.378. The average Bonchev–Trinajstić information content (AvgIpc) is 3.03. The molecule has 0 aliphatic carbocycles. The van der Waals surface area contributed by atoms with E-state index in [2.05, 4.69) is 45.2 Å². The van der Waals surface area contributed by atoms with Crippen molar-refractivity contribution in [3.05, 3.63) is 66.4 Å². The molecule has 0 saturated heterocycles. The Morgan fingerprint density at radius 1 is 1.04 bits per heavy atom. The number of ether oxygens (including phenoxy) is 1. The van der Waals surface area contributed by atoms with Gasteiger partial charge in [-0.25, -0.2) is 0 Å². The van der Waals surface area contributed by atoms with E-state index < -0.39 is 0 Å². The second-order valence-corrected chi connectivity index (χ2v) is 6.25. The Labute approximate surface area is 151 Å². The van der Waals surface area contributed by atoms with Gasteiger partial charge in [-0.2, -0.15) is 5.90 Å². The Morgan fingerprint density at radius 2 is 1.76 bits per heavy atom. The molecule has 3 rings (SSSR count). The van der Waals surface area contributed by atoms with Crippen LogP contribution in [0.4, 0.5) is 0 Å². The summed E-state index contributed by atoms with van der Waals surface area (Å²) in [5.41, 5.74) is 4.52. The van der Waals surface area contributed by atoms with Crippen molar-refractivity contribution in [2.24, 2.45) is 5.90 Å². The number of nitrogens with two attached hydrogens (primary N) is 1. The highest BCUT2D eigenvalue weighted by Gasteiger charge is 2.09. The molecule has 0 radical (unpaired) electrons. The molecule has 0 spiro atoms. The van der Waals surface area contributed by atoms with Crippen molar-refractivity contribution in [2.75, 3.05) is 6.61 Å². The van der Waals surface area contributed by atoms with E-state index in [9.17, 15) is 0 Å². The molecule has 0 amide bonds. The fraction of sp³-hybridized carbons (Fsp3) is 0.158. The first-order valence-electron chi connectivity index (χ1n) is 7.94. The molecular formula is C19H20N2O3S. The van der Waals surface area contributed by atoms with Crippen molar-refractivity contribution in [3.8, 4) is 22.7 Å². The maximum Gasteiger partial charge on any atom is 0.119 e. The van der Waals surface area contributed by atoms with Crippen LogP contribution in [0.5, 0.6) is 5.75 Å². The summed E-state index contributed by atoms with van der Waals surface area (Å²) in [4.78, 5) is 5.02. The molecule has 3 aromatic rings. The standard InChI is InChI=1S/C19H20N2O3S/c1-3-22-17-8-4-15(5-9-17)19-12-14(2)13-21(19)16-6-10-18(11-7-16)25-24-23-20/h4-13H,3,20H2,1-2H3. The molecule has 2 aromatic carbocycles. The molecule has 25 heavy (non-hydrogen) atoms. The summed E-state index contributed by atoms with van der Waals surface area (Å²) < 4.78 is 12.4. The Morgan fingerprint density at radius 3 is 2.40 bits per heavy atom. The maximum absolute atomic E-state index is 5.52. The van der Waals surface area contributed by atoms with Gasteiger partial charge in [0.05, 0.1) is 24.3 Å². The van der Waals surface area contributed by atoms with Crippen molar-refractivity contribution in [2.45, 2.75) is 18.7 Å². The molecule has 2 N–H and O–H groups in total. The number of hydrogen-bond acceptors (Lipinski definition) is 5. The highest BCUT2D eigenvalue weighted by molar-refractivity contribution is 7.94. The largest absolute Gasteiger partial charge is 0.494 e. The Hall–Kier alpha value is -2.25. The third-order valence-corrected chi connectivity index (χ3v) is 4.31. The first kappa shape index (κ1) is 17.6. The van der Waals surface area contributed by atoms with Crippen LogP contribution in [0.2, 0.25) is 0 Å². The molecule has 0 bridgehead atoms. The zero-order valence-corrected chi connectivity index (χ0v) is 15.0. The molecule has 1 heterocycles. The van der Waals surface area contributed by atoms with Gasteiger partial charge in [-0.3, -0.25) is 0 Å². The summed E-state index contributed by atoms with van der Waals surface area (Å²) in [7, 11) is 0. The third kappa shape index (κ3) is 4.24. The van der Waals surface area contributed by atoms with E-state index in [-0.39, 0.29) is 0 Å². The van der Waals surface area contributed by atoms with Crippen LogP contribution in [0, 0.1) is 6.92 Å². The van der Waals surface area contributed by atoms with Gasteiger partial charge in [0, 0.05) is 16.8 Å². The van der Waals surface area contributed by atoms with Gasteiger partial charge < -0.3 is 9.30 Å². The van der Waals surface area contributed by atoms with Gasteiger partial charge in [0.1, 0.15) is 5.75 Å². The van der Waals surface area contributed by atoms with Crippen LogP contribution in [-0.2, 0) is 9.32 Å².